The van der Waals surface area contributed by atoms with Gasteiger partial charge in [-0.15, -0.1) is 0 Å². The number of ether oxygens (including phenoxy) is 2. The Balaban J connectivity index is 1.48. The number of aliphatic imine (C=N–C) groups is 1. The predicted molar refractivity (Wildman–Crippen MR) is 126 cm³/mol. The number of hydrogen-bond donors (Lipinski definition) is 1. The Morgan fingerprint density at radius 3 is 2.52 bits per heavy atom. The molecule has 31 heavy (non-hydrogen) atoms. The second-order valence-electron chi connectivity index (χ2n) is 7.00. The summed E-state index contributed by atoms with van der Waals surface area (Å²) in [6.07, 6.45) is 1.82. The number of carbonyl (C=O) groups excluding carboxylic acids is 1. The molecule has 1 aliphatic rings. The quantitative estimate of drug-likeness (QED) is 0.527. The van der Waals surface area contributed by atoms with E-state index >= 15 is 0 Å². The monoisotopic (exact) mass is 430 g/mol. The molecule has 4 rings (SSSR count). The predicted octanol–water partition coefficient (Wildman–Crippen LogP) is 5.47. The van der Waals surface area contributed by atoms with E-state index in [1.54, 1.807) is 7.11 Å². The highest BCUT2D eigenvalue weighted by Gasteiger charge is 2.24. The van der Waals surface area contributed by atoms with Crippen LogP contribution in [0.2, 0.25) is 0 Å². The van der Waals surface area contributed by atoms with E-state index in [1.165, 1.54) is 11.8 Å². The van der Waals surface area contributed by atoms with Gasteiger partial charge in [0.25, 0.3) is 5.91 Å². The Hall–Kier alpha value is -3.51. The van der Waals surface area contributed by atoms with Crippen LogP contribution < -0.4 is 14.8 Å². The van der Waals surface area contributed by atoms with Gasteiger partial charge in [-0.2, -0.15) is 0 Å². The van der Waals surface area contributed by atoms with Crippen molar-refractivity contribution in [2.45, 2.75) is 13.5 Å². The van der Waals surface area contributed by atoms with Gasteiger partial charge in [-0.25, -0.2) is 4.99 Å². The normalized spacial score (nSPS) is 15.9. The number of rotatable bonds is 6. The maximum atomic E-state index is 12.4. The summed E-state index contributed by atoms with van der Waals surface area (Å²) in [7, 11) is 1.60. The highest BCUT2D eigenvalue weighted by Crippen LogP contribution is 2.32. The summed E-state index contributed by atoms with van der Waals surface area (Å²) in [5, 5.41) is 3.38. The van der Waals surface area contributed by atoms with Crippen LogP contribution in [0.1, 0.15) is 16.7 Å². The zero-order valence-corrected chi connectivity index (χ0v) is 18.1. The third-order valence-corrected chi connectivity index (χ3v) is 5.55. The molecule has 0 bridgehead atoms. The fourth-order valence-corrected chi connectivity index (χ4v) is 3.84. The molecule has 1 saturated heterocycles. The molecule has 0 aromatic heterocycles. The van der Waals surface area contributed by atoms with Crippen LogP contribution in [0.25, 0.3) is 6.08 Å². The van der Waals surface area contributed by atoms with Gasteiger partial charge in [0.15, 0.2) is 16.7 Å². The minimum atomic E-state index is -0.167. The Labute approximate surface area is 185 Å². The van der Waals surface area contributed by atoms with Crippen LogP contribution in [0, 0.1) is 6.92 Å². The summed E-state index contributed by atoms with van der Waals surface area (Å²) < 4.78 is 11.4. The lowest BCUT2D eigenvalue weighted by Gasteiger charge is -2.11. The first-order chi connectivity index (χ1) is 15.1. The molecular weight excluding hydrogens is 408 g/mol. The summed E-state index contributed by atoms with van der Waals surface area (Å²) in [5.41, 5.74) is 3.89. The van der Waals surface area contributed by atoms with Crippen molar-refractivity contribution in [2.75, 3.05) is 7.11 Å². The first-order valence-electron chi connectivity index (χ1n) is 9.82. The van der Waals surface area contributed by atoms with E-state index in [4.69, 9.17) is 9.47 Å². The minimum absolute atomic E-state index is 0.167. The van der Waals surface area contributed by atoms with E-state index in [0.29, 0.717) is 28.2 Å². The van der Waals surface area contributed by atoms with Crippen molar-refractivity contribution in [3.63, 3.8) is 0 Å². The molecule has 0 radical (unpaired) electrons. The lowest BCUT2D eigenvalue weighted by molar-refractivity contribution is -0.115. The number of hydrogen-bond acceptors (Lipinski definition) is 5. The average Bonchev–Trinajstić information content (AvgIpc) is 3.13. The Bertz CT molecular complexity index is 1140. The molecule has 0 saturated carbocycles. The van der Waals surface area contributed by atoms with Crippen LogP contribution in [0.3, 0.4) is 0 Å². The Kier molecular flexibility index (Phi) is 6.38. The third kappa shape index (κ3) is 5.35. The van der Waals surface area contributed by atoms with E-state index in [0.717, 1.165) is 22.4 Å². The maximum Gasteiger partial charge on any atom is 0.264 e. The van der Waals surface area contributed by atoms with Crippen LogP contribution in [-0.4, -0.2) is 18.2 Å². The number of thioether (sulfide) groups is 1. The van der Waals surface area contributed by atoms with Gasteiger partial charge in [0.1, 0.15) is 6.61 Å². The van der Waals surface area contributed by atoms with Crippen molar-refractivity contribution in [3.05, 3.63) is 94.4 Å². The molecule has 1 heterocycles. The fraction of sp³-hybridized carbons (Fsp3) is 0.120. The zero-order chi connectivity index (χ0) is 21.6. The van der Waals surface area contributed by atoms with Crippen molar-refractivity contribution in [3.8, 4) is 11.5 Å². The van der Waals surface area contributed by atoms with Crippen molar-refractivity contribution in [2.24, 2.45) is 4.99 Å². The number of nitrogens with zero attached hydrogens (tertiary/aromatic N) is 1. The van der Waals surface area contributed by atoms with E-state index in [1.807, 2.05) is 85.8 Å². The number of methoxy groups -OCH3 is 1. The number of nitrogens with one attached hydrogen (secondary N) is 1. The van der Waals surface area contributed by atoms with Gasteiger partial charge in [0.2, 0.25) is 0 Å². The number of carbonyl (C=O) groups is 1. The topological polar surface area (TPSA) is 59.9 Å². The highest BCUT2D eigenvalue weighted by molar-refractivity contribution is 8.18. The molecule has 3 aromatic rings. The van der Waals surface area contributed by atoms with Gasteiger partial charge < -0.3 is 14.8 Å². The fourth-order valence-electron chi connectivity index (χ4n) is 3.00. The van der Waals surface area contributed by atoms with Gasteiger partial charge in [0.05, 0.1) is 17.7 Å². The summed E-state index contributed by atoms with van der Waals surface area (Å²) in [6, 6.07) is 23.4. The summed E-state index contributed by atoms with van der Waals surface area (Å²) in [6.45, 7) is 2.48. The number of amides is 1. The van der Waals surface area contributed by atoms with E-state index in [2.05, 4.69) is 10.3 Å². The van der Waals surface area contributed by atoms with Crippen molar-refractivity contribution >= 4 is 34.6 Å². The van der Waals surface area contributed by atoms with Crippen LogP contribution in [0.4, 0.5) is 5.69 Å². The highest BCUT2D eigenvalue weighted by atomic mass is 32.2. The van der Waals surface area contributed by atoms with Crippen LogP contribution in [0.5, 0.6) is 11.5 Å². The number of benzene rings is 3. The smallest absolute Gasteiger partial charge is 0.264 e. The molecule has 0 spiro atoms. The third-order valence-electron chi connectivity index (χ3n) is 4.64. The molecule has 5 nitrogen and oxygen atoms in total. The zero-order valence-electron chi connectivity index (χ0n) is 17.3. The van der Waals surface area contributed by atoms with Gasteiger partial charge in [-0.3, -0.25) is 4.79 Å². The van der Waals surface area contributed by atoms with Crippen molar-refractivity contribution < 1.29 is 14.3 Å². The summed E-state index contributed by atoms with van der Waals surface area (Å²) >= 11 is 1.32. The SMILES string of the molecule is COc1cc(/C=C2/SC(=Nc3ccc(C)cc3)NC2=O)ccc1OCc1ccccc1. The summed E-state index contributed by atoms with van der Waals surface area (Å²) in [5.74, 6) is 1.10. The Morgan fingerprint density at radius 2 is 1.77 bits per heavy atom. The Morgan fingerprint density at radius 1 is 1.00 bits per heavy atom. The summed E-state index contributed by atoms with van der Waals surface area (Å²) in [4.78, 5) is 17.5. The molecule has 1 aliphatic heterocycles. The molecule has 156 valence electrons. The lowest BCUT2D eigenvalue weighted by atomic mass is 10.2. The van der Waals surface area contributed by atoms with Crippen molar-refractivity contribution in [1.82, 2.24) is 5.32 Å². The van der Waals surface area contributed by atoms with Crippen LogP contribution in [0.15, 0.2) is 82.7 Å². The molecule has 6 heteroatoms. The molecule has 3 aromatic carbocycles. The van der Waals surface area contributed by atoms with Gasteiger partial charge in [-0.1, -0.05) is 54.1 Å². The van der Waals surface area contributed by atoms with Crippen LogP contribution in [-0.2, 0) is 11.4 Å². The van der Waals surface area contributed by atoms with Gasteiger partial charge in [0, 0.05) is 0 Å². The molecule has 0 aliphatic carbocycles. The molecule has 0 unspecified atom stereocenters. The first kappa shape index (κ1) is 20.8. The number of aryl methyl sites for hydroxylation is 1. The van der Waals surface area contributed by atoms with E-state index < -0.39 is 0 Å². The van der Waals surface area contributed by atoms with Gasteiger partial charge in [-0.05, 0) is 60.2 Å². The van der Waals surface area contributed by atoms with E-state index in [-0.39, 0.29) is 5.91 Å². The average molecular weight is 431 g/mol. The van der Waals surface area contributed by atoms with Crippen molar-refractivity contribution in [1.29, 1.82) is 0 Å². The minimum Gasteiger partial charge on any atom is -0.493 e. The first-order valence-corrected chi connectivity index (χ1v) is 10.6. The van der Waals surface area contributed by atoms with Gasteiger partial charge >= 0.3 is 0 Å². The molecular formula is C25H22N2O3S. The second kappa shape index (κ2) is 9.53. The molecule has 0 atom stereocenters. The molecule has 1 amide bonds. The lowest BCUT2D eigenvalue weighted by Crippen LogP contribution is -2.19. The van der Waals surface area contributed by atoms with Crippen LogP contribution >= 0.6 is 11.8 Å². The maximum absolute atomic E-state index is 12.4. The molecule has 1 fully saturated rings. The number of amidine groups is 1. The second-order valence-corrected chi connectivity index (χ2v) is 8.03. The molecule has 1 N–H and O–H groups in total. The largest absolute Gasteiger partial charge is 0.493 e. The standard InChI is InChI=1S/C25H22N2O3S/c1-17-8-11-20(12-9-17)26-25-27-24(28)23(31-25)15-19-10-13-21(22(14-19)29-2)30-16-18-6-4-3-5-7-18/h3-15H,16H2,1-2H3,(H,26,27,28)/b23-15+. The van der Waals surface area contributed by atoms with E-state index in [9.17, 15) is 4.79 Å².